The number of hydrogen-bond acceptors (Lipinski definition) is 4. The standard InChI is InChI=1S/C8H12N4O2/c1-10-3-2-4-11-7(6-10)5-8(9-11)12(13)14/h5H,2-4,6H2,1H3. The van der Waals surface area contributed by atoms with Crippen molar-refractivity contribution >= 4 is 5.82 Å². The summed E-state index contributed by atoms with van der Waals surface area (Å²) in [4.78, 5) is 12.2. The summed E-state index contributed by atoms with van der Waals surface area (Å²) in [7, 11) is 2.01. The SMILES string of the molecule is CN1CCCn2nc([N+](=O)[O-])cc2C1. The van der Waals surface area contributed by atoms with Crippen molar-refractivity contribution in [2.75, 3.05) is 13.6 Å². The van der Waals surface area contributed by atoms with E-state index in [1.807, 2.05) is 7.05 Å². The molecule has 1 aromatic rings. The van der Waals surface area contributed by atoms with E-state index in [1.165, 1.54) is 0 Å². The van der Waals surface area contributed by atoms with Crippen LogP contribution in [0.15, 0.2) is 6.07 Å². The van der Waals surface area contributed by atoms with Crippen LogP contribution in [0.25, 0.3) is 0 Å². The zero-order valence-electron chi connectivity index (χ0n) is 8.01. The quantitative estimate of drug-likeness (QED) is 0.488. The van der Waals surface area contributed by atoms with Crippen LogP contribution in [0.4, 0.5) is 5.82 Å². The van der Waals surface area contributed by atoms with E-state index in [1.54, 1.807) is 10.7 Å². The summed E-state index contributed by atoms with van der Waals surface area (Å²) < 4.78 is 1.74. The Hall–Kier alpha value is -1.43. The van der Waals surface area contributed by atoms with E-state index in [4.69, 9.17) is 0 Å². The first-order valence-electron chi connectivity index (χ1n) is 4.56. The third-order valence-electron chi connectivity index (χ3n) is 2.38. The number of fused-ring (bicyclic) bond motifs is 1. The van der Waals surface area contributed by atoms with Crippen LogP contribution in [-0.4, -0.2) is 33.2 Å². The first kappa shape index (κ1) is 9.14. The van der Waals surface area contributed by atoms with Gasteiger partial charge in [0.25, 0.3) is 0 Å². The van der Waals surface area contributed by atoms with Crippen molar-refractivity contribution < 1.29 is 4.92 Å². The highest BCUT2D eigenvalue weighted by Crippen LogP contribution is 2.16. The van der Waals surface area contributed by atoms with Crippen LogP contribution in [0.1, 0.15) is 12.1 Å². The third-order valence-corrected chi connectivity index (χ3v) is 2.38. The fourth-order valence-corrected chi connectivity index (χ4v) is 1.70. The Kier molecular flexibility index (Phi) is 2.20. The molecule has 0 bridgehead atoms. The predicted molar refractivity (Wildman–Crippen MR) is 49.8 cm³/mol. The lowest BCUT2D eigenvalue weighted by atomic mass is 10.4. The Labute approximate surface area is 81.3 Å². The molecule has 1 aliphatic heterocycles. The van der Waals surface area contributed by atoms with Crippen LogP contribution in [0.5, 0.6) is 0 Å². The molecule has 14 heavy (non-hydrogen) atoms. The molecule has 0 saturated heterocycles. The van der Waals surface area contributed by atoms with Crippen molar-refractivity contribution in [2.45, 2.75) is 19.5 Å². The molecule has 0 spiro atoms. The van der Waals surface area contributed by atoms with Crippen molar-refractivity contribution in [3.8, 4) is 0 Å². The lowest BCUT2D eigenvalue weighted by Crippen LogP contribution is -2.16. The van der Waals surface area contributed by atoms with Gasteiger partial charge in [-0.15, -0.1) is 0 Å². The largest absolute Gasteiger partial charge is 0.390 e. The number of nitro groups is 1. The topological polar surface area (TPSA) is 64.2 Å². The molecule has 1 aromatic heterocycles. The summed E-state index contributed by atoms with van der Waals surface area (Å²) in [6, 6.07) is 1.56. The molecule has 0 aliphatic carbocycles. The van der Waals surface area contributed by atoms with Crippen LogP contribution in [0.3, 0.4) is 0 Å². The summed E-state index contributed by atoms with van der Waals surface area (Å²) in [5.41, 5.74) is 0.928. The molecule has 0 fully saturated rings. The van der Waals surface area contributed by atoms with E-state index in [9.17, 15) is 10.1 Å². The fourth-order valence-electron chi connectivity index (χ4n) is 1.70. The predicted octanol–water partition coefficient (Wildman–Crippen LogP) is 0.627. The molecule has 0 amide bonds. The number of aryl methyl sites for hydroxylation is 1. The molecule has 0 N–H and O–H groups in total. The molecule has 6 heteroatoms. The summed E-state index contributed by atoms with van der Waals surface area (Å²) in [5, 5.41) is 14.4. The molecule has 0 unspecified atom stereocenters. The van der Waals surface area contributed by atoms with Gasteiger partial charge >= 0.3 is 5.82 Å². The van der Waals surface area contributed by atoms with Gasteiger partial charge in [0.2, 0.25) is 0 Å². The second kappa shape index (κ2) is 3.38. The fraction of sp³-hybridized carbons (Fsp3) is 0.625. The van der Waals surface area contributed by atoms with Crippen LogP contribution in [0, 0.1) is 10.1 Å². The highest BCUT2D eigenvalue weighted by molar-refractivity contribution is 5.22. The highest BCUT2D eigenvalue weighted by Gasteiger charge is 2.20. The van der Waals surface area contributed by atoms with Gasteiger partial charge in [0.05, 0.1) is 23.4 Å². The summed E-state index contributed by atoms with van der Waals surface area (Å²) in [6.45, 7) is 2.52. The third kappa shape index (κ3) is 1.60. The monoisotopic (exact) mass is 196 g/mol. The Balaban J connectivity index is 2.31. The average Bonchev–Trinajstić information content (AvgIpc) is 2.42. The molecule has 0 atom stereocenters. The van der Waals surface area contributed by atoms with Crippen LogP contribution in [-0.2, 0) is 13.1 Å². The first-order valence-corrected chi connectivity index (χ1v) is 4.56. The van der Waals surface area contributed by atoms with E-state index >= 15 is 0 Å². The van der Waals surface area contributed by atoms with Crippen LogP contribution < -0.4 is 0 Å². The van der Waals surface area contributed by atoms with E-state index < -0.39 is 4.92 Å². The minimum atomic E-state index is -0.443. The van der Waals surface area contributed by atoms with E-state index in [0.717, 1.165) is 31.7 Å². The second-order valence-corrected chi connectivity index (χ2v) is 3.57. The molecular weight excluding hydrogens is 184 g/mol. The Bertz CT molecular complexity index is 360. The average molecular weight is 196 g/mol. The van der Waals surface area contributed by atoms with Gasteiger partial charge < -0.3 is 15.0 Å². The molecule has 6 nitrogen and oxygen atoms in total. The van der Waals surface area contributed by atoms with Gasteiger partial charge in [-0.25, -0.2) is 0 Å². The Morgan fingerprint density at radius 3 is 3.07 bits per heavy atom. The normalized spacial score (nSPS) is 17.5. The lowest BCUT2D eigenvalue weighted by molar-refractivity contribution is -0.389. The maximum absolute atomic E-state index is 10.5. The number of aromatic nitrogens is 2. The van der Waals surface area contributed by atoms with Gasteiger partial charge in [-0.05, 0) is 18.4 Å². The highest BCUT2D eigenvalue weighted by atomic mass is 16.6. The van der Waals surface area contributed by atoms with Gasteiger partial charge in [0.15, 0.2) is 0 Å². The molecule has 2 heterocycles. The molecule has 0 radical (unpaired) electrons. The van der Waals surface area contributed by atoms with Gasteiger partial charge in [-0.1, -0.05) is 0 Å². The lowest BCUT2D eigenvalue weighted by Gasteiger charge is -2.10. The number of nitrogens with zero attached hydrogens (tertiary/aromatic N) is 4. The van der Waals surface area contributed by atoms with Crippen molar-refractivity contribution in [2.24, 2.45) is 0 Å². The maximum atomic E-state index is 10.5. The molecule has 0 aromatic carbocycles. The summed E-state index contributed by atoms with van der Waals surface area (Å²) >= 11 is 0. The zero-order valence-corrected chi connectivity index (χ0v) is 8.01. The van der Waals surface area contributed by atoms with E-state index in [-0.39, 0.29) is 5.82 Å². The molecule has 0 saturated carbocycles. The molecule has 2 rings (SSSR count). The summed E-state index contributed by atoms with van der Waals surface area (Å²) in [5.74, 6) is -0.0460. The van der Waals surface area contributed by atoms with Gasteiger partial charge in [0.1, 0.15) is 0 Å². The van der Waals surface area contributed by atoms with Crippen molar-refractivity contribution in [3.05, 3.63) is 21.9 Å². The first-order chi connectivity index (χ1) is 6.66. The Morgan fingerprint density at radius 2 is 2.36 bits per heavy atom. The van der Waals surface area contributed by atoms with E-state index in [2.05, 4.69) is 10.00 Å². The van der Waals surface area contributed by atoms with E-state index in [0.29, 0.717) is 0 Å². The number of rotatable bonds is 1. The number of hydrogen-bond donors (Lipinski definition) is 0. The minimum Gasteiger partial charge on any atom is -0.358 e. The Morgan fingerprint density at radius 1 is 1.57 bits per heavy atom. The molecular formula is C8H12N4O2. The summed E-state index contributed by atoms with van der Waals surface area (Å²) in [6.07, 6.45) is 0.988. The van der Waals surface area contributed by atoms with Crippen molar-refractivity contribution in [1.29, 1.82) is 0 Å². The maximum Gasteiger partial charge on any atom is 0.390 e. The van der Waals surface area contributed by atoms with Gasteiger partial charge in [-0.3, -0.25) is 0 Å². The van der Waals surface area contributed by atoms with Crippen LogP contribution >= 0.6 is 0 Å². The molecule has 76 valence electrons. The van der Waals surface area contributed by atoms with Gasteiger partial charge in [0, 0.05) is 13.1 Å². The van der Waals surface area contributed by atoms with Crippen molar-refractivity contribution in [3.63, 3.8) is 0 Å². The minimum absolute atomic E-state index is 0.0460. The molecule has 1 aliphatic rings. The smallest absolute Gasteiger partial charge is 0.358 e. The zero-order chi connectivity index (χ0) is 10.1. The van der Waals surface area contributed by atoms with Gasteiger partial charge in [-0.2, -0.15) is 4.68 Å². The van der Waals surface area contributed by atoms with Crippen LogP contribution in [0.2, 0.25) is 0 Å². The van der Waals surface area contributed by atoms with Crippen molar-refractivity contribution in [1.82, 2.24) is 14.7 Å². The second-order valence-electron chi connectivity index (χ2n) is 3.57.